The van der Waals surface area contributed by atoms with Crippen LogP contribution in [0.5, 0.6) is 11.5 Å². The Bertz CT molecular complexity index is 1470. The van der Waals surface area contributed by atoms with Gasteiger partial charge in [-0.05, 0) is 57.7 Å². The van der Waals surface area contributed by atoms with Gasteiger partial charge in [-0.25, -0.2) is 0 Å². The number of ketones is 2. The van der Waals surface area contributed by atoms with Crippen LogP contribution in [-0.2, 0) is 48.4 Å². The SMILES string of the molecule is CN[C@H](CCC(=O)OCc1ccc(C[NH2+]CC[NH+]2CCCCC2)cc1)C(=O)C[C@@H](CCC(=O)OCc1cc(OC)c(OC)cc1[N+](=O)[O-])C(C)=O.[Cl-].[Cl-]. The van der Waals surface area contributed by atoms with E-state index in [-0.39, 0.29) is 104 Å². The lowest BCUT2D eigenvalue weighted by atomic mass is 9.90. The average molecular weight is 786 g/mol. The molecular weight excluding hydrogens is 731 g/mol. The summed E-state index contributed by atoms with van der Waals surface area (Å²) in [5, 5.41) is 16.8. The highest BCUT2D eigenvalue weighted by Gasteiger charge is 2.26. The van der Waals surface area contributed by atoms with Crippen LogP contribution >= 0.6 is 0 Å². The number of nitro benzene ring substituents is 1. The van der Waals surface area contributed by atoms with E-state index in [4.69, 9.17) is 18.9 Å². The molecule has 2 aromatic rings. The third-order valence-electron chi connectivity index (χ3n) is 9.33. The molecule has 1 fully saturated rings. The molecule has 0 amide bonds. The minimum atomic E-state index is -0.736. The Balaban J connectivity index is 0.00000702. The number of carbonyl (C=O) groups excluding carboxylic acids is 4. The molecule has 3 rings (SSSR count). The first-order valence-corrected chi connectivity index (χ1v) is 17.7. The van der Waals surface area contributed by atoms with Gasteiger partial charge in [-0.15, -0.1) is 0 Å². The second-order valence-electron chi connectivity index (χ2n) is 13.0. The van der Waals surface area contributed by atoms with Gasteiger partial charge in [0.25, 0.3) is 5.69 Å². The molecule has 0 bridgehead atoms. The molecule has 296 valence electrons. The molecule has 0 unspecified atom stereocenters. The van der Waals surface area contributed by atoms with Crippen molar-refractivity contribution in [3.63, 3.8) is 0 Å². The first-order valence-electron chi connectivity index (χ1n) is 17.7. The molecule has 0 saturated carbocycles. The van der Waals surface area contributed by atoms with Crippen LogP contribution in [0.2, 0.25) is 0 Å². The van der Waals surface area contributed by atoms with Gasteiger partial charge in [-0.2, -0.15) is 0 Å². The summed E-state index contributed by atoms with van der Waals surface area (Å²) in [5.41, 5.74) is 1.92. The Morgan fingerprint density at radius 3 is 2.06 bits per heavy atom. The smallest absolute Gasteiger partial charge is 0.306 e. The van der Waals surface area contributed by atoms with Crippen molar-refractivity contribution in [2.75, 3.05) is 47.4 Å². The highest BCUT2D eigenvalue weighted by Crippen LogP contribution is 2.35. The number of hydrogen-bond acceptors (Lipinski definition) is 11. The number of nitrogens with two attached hydrogens (primary N) is 1. The average Bonchev–Trinajstić information content (AvgIpc) is 3.13. The van der Waals surface area contributed by atoms with Crippen LogP contribution in [-0.4, -0.2) is 81.9 Å². The van der Waals surface area contributed by atoms with Gasteiger partial charge in [0.05, 0.1) is 49.9 Å². The Morgan fingerprint density at radius 1 is 0.887 bits per heavy atom. The Kier molecular flexibility index (Phi) is 22.5. The number of likely N-dealkylation sites (N-methyl/N-ethyl adjacent to an activating group) is 1. The third kappa shape index (κ3) is 16.4. The van der Waals surface area contributed by atoms with Gasteiger partial charge in [-0.1, -0.05) is 24.3 Å². The monoisotopic (exact) mass is 784 g/mol. The fourth-order valence-corrected chi connectivity index (χ4v) is 6.17. The molecule has 1 aliphatic heterocycles. The van der Waals surface area contributed by atoms with Crippen molar-refractivity contribution in [2.24, 2.45) is 5.92 Å². The van der Waals surface area contributed by atoms with Crippen molar-refractivity contribution in [2.45, 2.75) is 84.1 Å². The minimum absolute atomic E-state index is 0. The van der Waals surface area contributed by atoms with E-state index in [1.165, 1.54) is 77.7 Å². The number of nitro groups is 1. The number of piperidine rings is 1. The van der Waals surface area contributed by atoms with Crippen LogP contribution in [0, 0.1) is 16.0 Å². The number of nitrogens with one attached hydrogen (secondary N) is 2. The number of benzene rings is 2. The normalized spacial score (nSPS) is 13.7. The van der Waals surface area contributed by atoms with Crippen molar-refractivity contribution in [3.8, 4) is 11.5 Å². The van der Waals surface area contributed by atoms with E-state index < -0.39 is 28.8 Å². The predicted octanol–water partition coefficient (Wildman–Crippen LogP) is -4.15. The van der Waals surface area contributed by atoms with Gasteiger partial charge >= 0.3 is 11.9 Å². The van der Waals surface area contributed by atoms with E-state index in [1.54, 1.807) is 11.9 Å². The lowest BCUT2D eigenvalue weighted by molar-refractivity contribution is -0.917. The van der Waals surface area contributed by atoms with Crippen molar-refractivity contribution < 1.29 is 78.1 Å². The largest absolute Gasteiger partial charge is 1.00 e. The molecule has 0 aromatic heterocycles. The second-order valence-corrected chi connectivity index (χ2v) is 13.0. The summed E-state index contributed by atoms with van der Waals surface area (Å²) >= 11 is 0. The lowest BCUT2D eigenvalue weighted by Gasteiger charge is -2.22. The fourth-order valence-electron chi connectivity index (χ4n) is 6.17. The molecule has 0 radical (unpaired) electrons. The van der Waals surface area contributed by atoms with Gasteiger partial charge in [0.2, 0.25) is 0 Å². The summed E-state index contributed by atoms with van der Waals surface area (Å²) in [6.45, 7) is 6.89. The number of nitrogens with zero attached hydrogens (tertiary/aromatic N) is 1. The Hall–Kier alpha value is -3.82. The highest BCUT2D eigenvalue weighted by atomic mass is 35.5. The third-order valence-corrected chi connectivity index (χ3v) is 9.33. The van der Waals surface area contributed by atoms with E-state index in [0.29, 0.717) is 0 Å². The first kappa shape index (κ1) is 47.2. The van der Waals surface area contributed by atoms with Crippen LogP contribution in [0.4, 0.5) is 5.69 Å². The second kappa shape index (κ2) is 25.2. The number of halogens is 2. The summed E-state index contributed by atoms with van der Waals surface area (Å²) in [5.74, 6) is -1.96. The number of ether oxygens (including phenoxy) is 4. The van der Waals surface area contributed by atoms with E-state index in [9.17, 15) is 29.3 Å². The zero-order valence-corrected chi connectivity index (χ0v) is 32.6. The van der Waals surface area contributed by atoms with Crippen molar-refractivity contribution in [1.29, 1.82) is 0 Å². The van der Waals surface area contributed by atoms with Gasteiger partial charge < -0.3 is 59.3 Å². The maximum atomic E-state index is 13.1. The minimum Gasteiger partial charge on any atom is -1.00 e. The summed E-state index contributed by atoms with van der Waals surface area (Å²) in [4.78, 5) is 63.1. The summed E-state index contributed by atoms with van der Waals surface area (Å²) in [7, 11) is 4.34. The van der Waals surface area contributed by atoms with Gasteiger partial charge in [0.1, 0.15) is 44.4 Å². The maximum absolute atomic E-state index is 13.1. The molecule has 1 heterocycles. The molecule has 0 spiro atoms. The zero-order valence-electron chi connectivity index (χ0n) is 31.1. The molecular formula is C37H54Cl2N4O10. The zero-order chi connectivity index (χ0) is 37.2. The summed E-state index contributed by atoms with van der Waals surface area (Å²) < 4.78 is 21.0. The predicted molar refractivity (Wildman–Crippen MR) is 187 cm³/mol. The molecule has 0 aliphatic carbocycles. The van der Waals surface area contributed by atoms with Gasteiger partial charge in [0, 0.05) is 30.7 Å². The number of quaternary nitrogens is 2. The van der Waals surface area contributed by atoms with E-state index >= 15 is 0 Å². The van der Waals surface area contributed by atoms with Crippen molar-refractivity contribution in [3.05, 3.63) is 63.2 Å². The number of methoxy groups -OCH3 is 2. The first-order chi connectivity index (χ1) is 24.5. The van der Waals surface area contributed by atoms with Crippen LogP contribution in [0.25, 0.3) is 0 Å². The number of esters is 2. The fraction of sp³-hybridized carbons (Fsp3) is 0.568. The topological polar surface area (TPSA) is 181 Å². The highest BCUT2D eigenvalue weighted by molar-refractivity contribution is 5.90. The molecule has 1 aliphatic rings. The number of carbonyl (C=O) groups is 4. The van der Waals surface area contributed by atoms with Gasteiger partial charge in [-0.3, -0.25) is 29.3 Å². The number of hydrogen-bond donors (Lipinski definition) is 3. The lowest BCUT2D eigenvalue weighted by Crippen LogP contribution is -3.15. The van der Waals surface area contributed by atoms with Crippen LogP contribution in [0.3, 0.4) is 0 Å². The summed E-state index contributed by atoms with van der Waals surface area (Å²) in [6.07, 6.45) is 4.02. The molecule has 2 aromatic carbocycles. The van der Waals surface area contributed by atoms with E-state index in [1.807, 2.05) is 12.1 Å². The number of rotatable bonds is 23. The molecule has 14 nitrogen and oxygen atoms in total. The molecule has 2 atom stereocenters. The molecule has 4 N–H and O–H groups in total. The van der Waals surface area contributed by atoms with Crippen LogP contribution in [0.15, 0.2) is 36.4 Å². The van der Waals surface area contributed by atoms with Crippen molar-refractivity contribution in [1.82, 2.24) is 5.32 Å². The van der Waals surface area contributed by atoms with Crippen LogP contribution < -0.4 is 49.8 Å². The Labute approximate surface area is 324 Å². The van der Waals surface area contributed by atoms with Gasteiger partial charge in [0.15, 0.2) is 11.5 Å². The number of Topliss-reactive ketones (excluding diaryl/α,β-unsaturated/α-hetero) is 2. The van der Waals surface area contributed by atoms with Crippen molar-refractivity contribution >= 4 is 29.2 Å². The molecule has 1 saturated heterocycles. The standard InChI is InChI=1S/C37H52N4O10.2ClH/c1-26(42)29(12-14-36(44)51-25-30-21-34(48-3)35(49-4)22-32(30)41(46)47)20-33(43)31(38-2)13-15-37(45)50-24-28-10-8-27(9-11-28)23-39-16-19-40-17-6-5-7-18-40;;/h8-11,21-22,29,31,38-39H,5-7,12-20,23-25H2,1-4H3;2*1H/t29-,31-;;/m1../s1. The maximum Gasteiger partial charge on any atom is 0.306 e. The van der Waals surface area contributed by atoms with E-state index in [2.05, 4.69) is 22.8 Å². The molecule has 16 heteroatoms. The van der Waals surface area contributed by atoms with E-state index in [0.717, 1.165) is 18.7 Å². The molecule has 53 heavy (non-hydrogen) atoms. The number of likely N-dealkylation sites (tertiary alicyclic amines) is 1. The Morgan fingerprint density at radius 2 is 1.47 bits per heavy atom. The van der Waals surface area contributed by atoms with Crippen LogP contribution in [0.1, 0.15) is 75.0 Å². The quantitative estimate of drug-likeness (QED) is 0.0431. The summed E-state index contributed by atoms with van der Waals surface area (Å²) in [6, 6.07) is 9.91.